The third kappa shape index (κ3) is 1.55. The fraction of sp³-hybridized carbons (Fsp3) is 0.556. The fourth-order valence-electron chi connectivity index (χ4n) is 1.36. The van der Waals surface area contributed by atoms with Crippen molar-refractivity contribution in [1.29, 1.82) is 0 Å². The minimum atomic E-state index is -0.302. The first kappa shape index (κ1) is 8.97. The molecule has 0 aliphatic heterocycles. The van der Waals surface area contributed by atoms with E-state index in [9.17, 15) is 10.1 Å². The van der Waals surface area contributed by atoms with Gasteiger partial charge < -0.3 is 0 Å². The minimum Gasteiger partial charge on any atom is -0.258 e. The highest BCUT2D eigenvalue weighted by Crippen LogP contribution is 2.34. The van der Waals surface area contributed by atoms with Gasteiger partial charge in [-0.3, -0.25) is 10.1 Å². The molecule has 0 bridgehead atoms. The number of hydrogen-bond acceptors (Lipinski definition) is 2. The van der Waals surface area contributed by atoms with Crippen LogP contribution in [0.25, 0.3) is 0 Å². The van der Waals surface area contributed by atoms with Gasteiger partial charge in [-0.25, -0.2) is 0 Å². The summed E-state index contributed by atoms with van der Waals surface area (Å²) in [5.74, 6) is 0. The summed E-state index contributed by atoms with van der Waals surface area (Å²) in [7, 11) is 0. The Labute approximate surface area is 71.9 Å². The predicted molar refractivity (Wildman–Crippen MR) is 47.2 cm³/mol. The van der Waals surface area contributed by atoms with Crippen LogP contribution in [0.3, 0.4) is 0 Å². The molecule has 0 saturated heterocycles. The molecule has 0 saturated carbocycles. The van der Waals surface area contributed by atoms with Crippen molar-refractivity contribution in [3.8, 4) is 0 Å². The molecule has 0 heterocycles. The first-order valence-electron chi connectivity index (χ1n) is 3.97. The van der Waals surface area contributed by atoms with Gasteiger partial charge in [0, 0.05) is 11.6 Å². The van der Waals surface area contributed by atoms with E-state index in [0.717, 1.165) is 12.0 Å². The van der Waals surface area contributed by atoms with Crippen LogP contribution in [0.2, 0.25) is 0 Å². The van der Waals surface area contributed by atoms with E-state index in [-0.39, 0.29) is 16.0 Å². The van der Waals surface area contributed by atoms with Gasteiger partial charge in [0.25, 0.3) is 5.70 Å². The van der Waals surface area contributed by atoms with Crippen molar-refractivity contribution in [3.63, 3.8) is 0 Å². The van der Waals surface area contributed by atoms with E-state index in [1.807, 2.05) is 26.8 Å². The number of nitro groups is 1. The molecule has 0 aromatic carbocycles. The van der Waals surface area contributed by atoms with Gasteiger partial charge in [0.2, 0.25) is 0 Å². The molecule has 0 N–H and O–H groups in total. The predicted octanol–water partition coefficient (Wildman–Crippen LogP) is 2.52. The van der Waals surface area contributed by atoms with Crippen molar-refractivity contribution in [2.45, 2.75) is 27.2 Å². The van der Waals surface area contributed by atoms with Crippen LogP contribution in [0.5, 0.6) is 0 Å². The lowest BCUT2D eigenvalue weighted by Gasteiger charge is -2.18. The molecule has 12 heavy (non-hydrogen) atoms. The maximum absolute atomic E-state index is 10.6. The molecule has 1 aliphatic carbocycles. The first-order chi connectivity index (χ1) is 5.43. The highest BCUT2D eigenvalue weighted by atomic mass is 16.6. The number of hydrogen-bond donors (Lipinski definition) is 0. The Balaban J connectivity index is 3.05. The van der Waals surface area contributed by atoms with Crippen LogP contribution in [0.1, 0.15) is 27.2 Å². The molecule has 1 rings (SSSR count). The van der Waals surface area contributed by atoms with E-state index in [4.69, 9.17) is 0 Å². The summed E-state index contributed by atoms with van der Waals surface area (Å²) in [6.07, 6.45) is 4.17. The topological polar surface area (TPSA) is 43.1 Å². The highest BCUT2D eigenvalue weighted by molar-refractivity contribution is 5.32. The molecule has 0 aromatic rings. The van der Waals surface area contributed by atoms with Gasteiger partial charge in [0.05, 0.1) is 4.92 Å². The Morgan fingerprint density at radius 1 is 1.50 bits per heavy atom. The van der Waals surface area contributed by atoms with E-state index in [0.29, 0.717) is 0 Å². The molecule has 0 radical (unpaired) electrons. The van der Waals surface area contributed by atoms with Crippen LogP contribution in [0.4, 0.5) is 0 Å². The third-order valence-electron chi connectivity index (χ3n) is 2.01. The minimum absolute atomic E-state index is 0.0914. The van der Waals surface area contributed by atoms with Crippen LogP contribution < -0.4 is 0 Å². The van der Waals surface area contributed by atoms with Crippen LogP contribution in [-0.2, 0) is 0 Å². The fourth-order valence-corrected chi connectivity index (χ4v) is 1.36. The Kier molecular flexibility index (Phi) is 2.04. The van der Waals surface area contributed by atoms with Gasteiger partial charge >= 0.3 is 0 Å². The van der Waals surface area contributed by atoms with Crippen molar-refractivity contribution in [2.24, 2.45) is 5.41 Å². The van der Waals surface area contributed by atoms with Crippen molar-refractivity contribution in [1.82, 2.24) is 0 Å². The Morgan fingerprint density at radius 2 is 2.08 bits per heavy atom. The first-order valence-corrected chi connectivity index (χ1v) is 3.97. The molecule has 0 aromatic heterocycles. The lowest BCUT2D eigenvalue weighted by atomic mass is 9.85. The molecule has 3 heteroatoms. The molecule has 0 amide bonds. The van der Waals surface area contributed by atoms with Crippen molar-refractivity contribution >= 4 is 0 Å². The average molecular weight is 167 g/mol. The van der Waals surface area contributed by atoms with Crippen LogP contribution in [-0.4, -0.2) is 4.92 Å². The molecule has 1 aliphatic rings. The van der Waals surface area contributed by atoms with Crippen molar-refractivity contribution in [2.75, 3.05) is 0 Å². The SMILES string of the molecule is CC(C)(C)C1=C([N+](=O)[O-])C=CC1. The number of allylic oxidation sites excluding steroid dienone is 3. The smallest absolute Gasteiger partial charge is 0.258 e. The summed E-state index contributed by atoms with van der Waals surface area (Å²) in [5, 5.41) is 10.6. The van der Waals surface area contributed by atoms with Gasteiger partial charge in [-0.05, 0) is 11.8 Å². The molecule has 0 spiro atoms. The van der Waals surface area contributed by atoms with Gasteiger partial charge in [0.1, 0.15) is 0 Å². The second kappa shape index (κ2) is 2.73. The lowest BCUT2D eigenvalue weighted by molar-refractivity contribution is -0.420. The van der Waals surface area contributed by atoms with Crippen molar-refractivity contribution < 1.29 is 4.92 Å². The normalized spacial score (nSPS) is 17.2. The largest absolute Gasteiger partial charge is 0.269 e. The zero-order chi connectivity index (χ0) is 9.35. The number of nitrogens with zero attached hydrogens (tertiary/aromatic N) is 1. The molecule has 0 unspecified atom stereocenters. The quantitative estimate of drug-likeness (QED) is 0.445. The second-order valence-corrected chi connectivity index (χ2v) is 3.98. The van der Waals surface area contributed by atoms with Crippen LogP contribution >= 0.6 is 0 Å². The van der Waals surface area contributed by atoms with E-state index in [1.54, 1.807) is 6.08 Å². The van der Waals surface area contributed by atoms with Gasteiger partial charge in [-0.2, -0.15) is 0 Å². The molecule has 3 nitrogen and oxygen atoms in total. The van der Waals surface area contributed by atoms with Crippen LogP contribution in [0, 0.1) is 15.5 Å². The van der Waals surface area contributed by atoms with Gasteiger partial charge in [-0.1, -0.05) is 26.8 Å². The highest BCUT2D eigenvalue weighted by Gasteiger charge is 2.28. The van der Waals surface area contributed by atoms with Crippen molar-refractivity contribution in [3.05, 3.63) is 33.5 Å². The van der Waals surface area contributed by atoms with E-state index in [1.165, 1.54) is 0 Å². The second-order valence-electron chi connectivity index (χ2n) is 3.98. The zero-order valence-corrected chi connectivity index (χ0v) is 7.63. The summed E-state index contributed by atoms with van der Waals surface area (Å²) in [6, 6.07) is 0. The molecule has 0 fully saturated rings. The summed E-state index contributed by atoms with van der Waals surface area (Å²) < 4.78 is 0. The molecule has 0 atom stereocenters. The standard InChI is InChI=1S/C9H13NO2/c1-9(2,3)7-5-4-6-8(7)10(11)12/h4,6H,5H2,1-3H3. The molecular formula is C9H13NO2. The van der Waals surface area contributed by atoms with Crippen LogP contribution in [0.15, 0.2) is 23.4 Å². The van der Waals surface area contributed by atoms with E-state index >= 15 is 0 Å². The summed E-state index contributed by atoms with van der Waals surface area (Å²) >= 11 is 0. The van der Waals surface area contributed by atoms with E-state index < -0.39 is 0 Å². The summed E-state index contributed by atoms with van der Waals surface area (Å²) in [4.78, 5) is 10.3. The number of rotatable bonds is 1. The Morgan fingerprint density at radius 3 is 2.42 bits per heavy atom. The van der Waals surface area contributed by atoms with Gasteiger partial charge in [-0.15, -0.1) is 0 Å². The summed E-state index contributed by atoms with van der Waals surface area (Å²) in [5.41, 5.74) is 1.11. The maximum atomic E-state index is 10.6. The Hall–Kier alpha value is -1.12. The van der Waals surface area contributed by atoms with E-state index in [2.05, 4.69) is 0 Å². The molecular weight excluding hydrogens is 154 g/mol. The maximum Gasteiger partial charge on any atom is 0.269 e. The van der Waals surface area contributed by atoms with Gasteiger partial charge in [0.15, 0.2) is 0 Å². The Bertz CT molecular complexity index is 269. The molecule has 66 valence electrons. The summed E-state index contributed by atoms with van der Waals surface area (Å²) in [6.45, 7) is 6.00. The zero-order valence-electron chi connectivity index (χ0n) is 7.63. The lowest BCUT2D eigenvalue weighted by Crippen LogP contribution is -2.12. The monoisotopic (exact) mass is 167 g/mol. The third-order valence-corrected chi connectivity index (χ3v) is 2.01. The average Bonchev–Trinajstić information content (AvgIpc) is 2.30.